The van der Waals surface area contributed by atoms with Crippen LogP contribution in [-0.2, 0) is 17.6 Å². The predicted octanol–water partition coefficient (Wildman–Crippen LogP) is 4.27. The number of alkyl halides is 1. The number of ether oxygens (including phenoxy) is 1. The molecular weight excluding hydrogens is 435 g/mol. The number of aromatic nitrogens is 4. The fourth-order valence-electron chi connectivity index (χ4n) is 4.32. The highest BCUT2D eigenvalue weighted by Gasteiger charge is 2.39. The second-order valence-corrected chi connectivity index (χ2v) is 8.39. The molecule has 2 aliphatic heterocycles. The summed E-state index contributed by atoms with van der Waals surface area (Å²) in [4.78, 5) is 26.7. The Kier molecular flexibility index (Phi) is 5.21. The number of imidazole rings is 1. The standard InChI is InChI=1S/C22H22ClFN6O2/c1-12(24)18-10-32-22(31)30(18)19-8-9-25-21(28-19)27-13(2)20-17-7-6-14-15(23)4-3-5-16(14)29(17)11-26-20/h3-5,8-9,11-13,18H,6-7,10H2,1-2H3,(H,25,27,28)/t12-,13-,18?/m0/s1. The first-order chi connectivity index (χ1) is 15.4. The molecule has 1 saturated heterocycles. The van der Waals surface area contributed by atoms with Crippen molar-refractivity contribution >= 4 is 29.5 Å². The summed E-state index contributed by atoms with van der Waals surface area (Å²) in [5.74, 6) is 0.614. The van der Waals surface area contributed by atoms with Crippen molar-refractivity contribution in [2.24, 2.45) is 0 Å². The van der Waals surface area contributed by atoms with Crippen molar-refractivity contribution in [2.75, 3.05) is 16.8 Å². The molecule has 1 aromatic carbocycles. The summed E-state index contributed by atoms with van der Waals surface area (Å²) >= 11 is 6.37. The molecule has 8 nitrogen and oxygen atoms in total. The van der Waals surface area contributed by atoms with Crippen molar-refractivity contribution in [1.82, 2.24) is 19.5 Å². The SMILES string of the molecule is C[C@H](Nc1nccc(N2C(=O)OCC2[C@H](C)F)n1)c1ncn2c1CCc1c(Cl)cccc1-2. The molecule has 0 bridgehead atoms. The lowest BCUT2D eigenvalue weighted by atomic mass is 9.99. The molecule has 2 aromatic heterocycles. The number of fused-ring (bicyclic) bond motifs is 3. The molecule has 0 aliphatic carbocycles. The van der Waals surface area contributed by atoms with Crippen LogP contribution < -0.4 is 10.2 Å². The minimum atomic E-state index is -1.25. The van der Waals surface area contributed by atoms with E-state index in [2.05, 4.69) is 24.8 Å². The molecule has 5 rings (SSSR count). The minimum absolute atomic E-state index is 0.00798. The van der Waals surface area contributed by atoms with E-state index in [0.717, 1.165) is 40.5 Å². The maximum absolute atomic E-state index is 14.0. The Bertz CT molecular complexity index is 1180. The third kappa shape index (κ3) is 3.46. The molecule has 32 heavy (non-hydrogen) atoms. The molecule has 166 valence electrons. The second kappa shape index (κ2) is 8.05. The van der Waals surface area contributed by atoms with Crippen LogP contribution in [0.15, 0.2) is 36.8 Å². The van der Waals surface area contributed by atoms with Gasteiger partial charge in [-0.1, -0.05) is 17.7 Å². The molecular formula is C22H22ClFN6O2. The van der Waals surface area contributed by atoms with E-state index in [9.17, 15) is 9.18 Å². The third-order valence-electron chi connectivity index (χ3n) is 5.94. The van der Waals surface area contributed by atoms with E-state index < -0.39 is 18.3 Å². The van der Waals surface area contributed by atoms with Gasteiger partial charge >= 0.3 is 6.09 Å². The van der Waals surface area contributed by atoms with Crippen molar-refractivity contribution in [1.29, 1.82) is 0 Å². The maximum Gasteiger partial charge on any atom is 0.416 e. The summed E-state index contributed by atoms with van der Waals surface area (Å²) in [5, 5.41) is 4.02. The largest absolute Gasteiger partial charge is 0.447 e. The van der Waals surface area contributed by atoms with Crippen molar-refractivity contribution in [3.05, 3.63) is 58.8 Å². The van der Waals surface area contributed by atoms with E-state index in [-0.39, 0.29) is 12.6 Å². The molecule has 2 aliphatic rings. The number of hydrogen-bond acceptors (Lipinski definition) is 6. The molecule has 1 N–H and O–H groups in total. The highest BCUT2D eigenvalue weighted by molar-refractivity contribution is 6.31. The van der Waals surface area contributed by atoms with Gasteiger partial charge in [-0.2, -0.15) is 4.98 Å². The van der Waals surface area contributed by atoms with E-state index >= 15 is 0 Å². The van der Waals surface area contributed by atoms with Crippen LogP contribution in [0, 0.1) is 0 Å². The smallest absolute Gasteiger partial charge is 0.416 e. The zero-order valence-corrected chi connectivity index (χ0v) is 18.4. The summed E-state index contributed by atoms with van der Waals surface area (Å²) < 4.78 is 21.0. The van der Waals surface area contributed by atoms with Gasteiger partial charge in [0, 0.05) is 16.9 Å². The Hall–Kier alpha value is -3.20. The molecule has 4 heterocycles. The molecule has 0 spiro atoms. The Balaban J connectivity index is 1.40. The van der Waals surface area contributed by atoms with Gasteiger partial charge in [0.25, 0.3) is 0 Å². The number of anilines is 2. The summed E-state index contributed by atoms with van der Waals surface area (Å²) in [6, 6.07) is 6.54. The van der Waals surface area contributed by atoms with Gasteiger partial charge < -0.3 is 14.6 Å². The Morgan fingerprint density at radius 3 is 2.91 bits per heavy atom. The molecule has 1 unspecified atom stereocenters. The van der Waals surface area contributed by atoms with Gasteiger partial charge in [-0.05, 0) is 50.5 Å². The summed E-state index contributed by atoms with van der Waals surface area (Å²) in [6.45, 7) is 3.37. The molecule has 3 atom stereocenters. The van der Waals surface area contributed by atoms with Crippen molar-refractivity contribution in [3.8, 4) is 5.69 Å². The van der Waals surface area contributed by atoms with E-state index in [4.69, 9.17) is 16.3 Å². The highest BCUT2D eigenvalue weighted by atomic mass is 35.5. The van der Waals surface area contributed by atoms with E-state index in [0.29, 0.717) is 11.8 Å². The lowest BCUT2D eigenvalue weighted by Gasteiger charge is -2.23. The second-order valence-electron chi connectivity index (χ2n) is 7.98. The van der Waals surface area contributed by atoms with E-state index in [1.54, 1.807) is 6.07 Å². The molecule has 0 radical (unpaired) electrons. The fraction of sp³-hybridized carbons (Fsp3) is 0.364. The topological polar surface area (TPSA) is 85.2 Å². The zero-order valence-electron chi connectivity index (χ0n) is 17.6. The van der Waals surface area contributed by atoms with Crippen LogP contribution in [0.1, 0.15) is 36.8 Å². The van der Waals surface area contributed by atoms with Crippen LogP contribution in [0.25, 0.3) is 5.69 Å². The van der Waals surface area contributed by atoms with Crippen molar-refractivity contribution in [3.63, 3.8) is 0 Å². The number of nitrogens with one attached hydrogen (secondary N) is 1. The highest BCUT2D eigenvalue weighted by Crippen LogP contribution is 2.33. The van der Waals surface area contributed by atoms with Gasteiger partial charge in [-0.25, -0.2) is 19.2 Å². The Morgan fingerprint density at radius 2 is 2.09 bits per heavy atom. The number of hydrogen-bond donors (Lipinski definition) is 1. The van der Waals surface area contributed by atoms with Crippen LogP contribution >= 0.6 is 11.6 Å². The predicted molar refractivity (Wildman–Crippen MR) is 118 cm³/mol. The average Bonchev–Trinajstić information content (AvgIpc) is 3.38. The quantitative estimate of drug-likeness (QED) is 0.617. The molecule has 1 amide bonds. The normalized spacial score (nSPS) is 19.2. The van der Waals surface area contributed by atoms with Crippen LogP contribution in [0.3, 0.4) is 0 Å². The number of cyclic esters (lactones) is 1. The van der Waals surface area contributed by atoms with E-state index in [1.165, 1.54) is 18.0 Å². The molecule has 1 fully saturated rings. The maximum atomic E-state index is 14.0. The lowest BCUT2D eigenvalue weighted by molar-refractivity contribution is 0.174. The van der Waals surface area contributed by atoms with Gasteiger partial charge in [-0.15, -0.1) is 0 Å². The lowest BCUT2D eigenvalue weighted by Crippen LogP contribution is -2.39. The monoisotopic (exact) mass is 456 g/mol. The summed E-state index contributed by atoms with van der Waals surface area (Å²) in [7, 11) is 0. The van der Waals surface area contributed by atoms with Crippen LogP contribution in [0.4, 0.5) is 21.0 Å². The van der Waals surface area contributed by atoms with Crippen LogP contribution in [0.2, 0.25) is 5.02 Å². The van der Waals surface area contributed by atoms with Crippen LogP contribution in [0.5, 0.6) is 0 Å². The zero-order chi connectivity index (χ0) is 22.4. The summed E-state index contributed by atoms with van der Waals surface area (Å²) in [6.07, 6.45) is 3.13. The first kappa shape index (κ1) is 20.7. The Labute approximate surface area is 189 Å². The van der Waals surface area contributed by atoms with Gasteiger partial charge in [0.2, 0.25) is 5.95 Å². The first-order valence-corrected chi connectivity index (χ1v) is 10.9. The van der Waals surface area contributed by atoms with Crippen molar-refractivity contribution in [2.45, 2.75) is 44.9 Å². The van der Waals surface area contributed by atoms with E-state index in [1.807, 2.05) is 31.5 Å². The Morgan fingerprint density at radius 1 is 1.25 bits per heavy atom. The number of carbonyl (C=O) groups is 1. The van der Waals surface area contributed by atoms with Gasteiger partial charge in [0.15, 0.2) is 0 Å². The summed E-state index contributed by atoms with van der Waals surface area (Å²) in [5.41, 5.74) is 4.16. The van der Waals surface area contributed by atoms with Gasteiger partial charge in [-0.3, -0.25) is 4.90 Å². The number of nitrogens with zero attached hydrogens (tertiary/aromatic N) is 5. The average molecular weight is 457 g/mol. The molecule has 0 saturated carbocycles. The fourth-order valence-corrected chi connectivity index (χ4v) is 4.59. The number of benzene rings is 1. The molecule has 3 aromatic rings. The third-order valence-corrected chi connectivity index (χ3v) is 6.30. The number of amides is 1. The van der Waals surface area contributed by atoms with Gasteiger partial charge in [0.05, 0.1) is 23.8 Å². The number of halogens is 2. The number of rotatable bonds is 5. The van der Waals surface area contributed by atoms with Gasteiger partial charge in [0.1, 0.15) is 24.6 Å². The first-order valence-electron chi connectivity index (χ1n) is 10.5. The number of carbonyl (C=O) groups excluding carboxylic acids is 1. The van der Waals surface area contributed by atoms with Crippen molar-refractivity contribution < 1.29 is 13.9 Å². The molecule has 10 heteroatoms. The minimum Gasteiger partial charge on any atom is -0.447 e. The van der Waals surface area contributed by atoms with Crippen LogP contribution in [-0.4, -0.2) is 44.4 Å².